The van der Waals surface area contributed by atoms with E-state index in [9.17, 15) is 4.79 Å². The van der Waals surface area contributed by atoms with Crippen LogP contribution in [0.25, 0.3) is 0 Å². The van der Waals surface area contributed by atoms with Crippen molar-refractivity contribution in [3.8, 4) is 5.75 Å². The van der Waals surface area contributed by atoms with Crippen LogP contribution in [0.1, 0.15) is 32.3 Å². The van der Waals surface area contributed by atoms with Crippen molar-refractivity contribution in [1.29, 1.82) is 0 Å². The summed E-state index contributed by atoms with van der Waals surface area (Å²) in [4.78, 5) is 12.2. The summed E-state index contributed by atoms with van der Waals surface area (Å²) >= 11 is 0. The van der Waals surface area contributed by atoms with E-state index in [2.05, 4.69) is 19.2 Å². The predicted octanol–water partition coefficient (Wildman–Crippen LogP) is 1.89. The van der Waals surface area contributed by atoms with Crippen LogP contribution in [-0.4, -0.2) is 37.8 Å². The molecular weight excluding hydrogens is 292 g/mol. The van der Waals surface area contributed by atoms with E-state index in [1.165, 1.54) is 5.56 Å². The highest BCUT2D eigenvalue weighted by molar-refractivity contribution is 5.86. The van der Waals surface area contributed by atoms with Crippen LogP contribution in [0.3, 0.4) is 0 Å². The largest absolute Gasteiger partial charge is 0.493 e. The molecule has 1 amide bonds. The minimum absolute atomic E-state index is 0.0716. The van der Waals surface area contributed by atoms with Crippen LogP contribution in [0, 0.1) is 5.92 Å². The highest BCUT2D eigenvalue weighted by Gasteiger charge is 2.35. The smallest absolute Gasteiger partial charge is 0.240 e. The Bertz CT molecular complexity index is 493. The number of ether oxygens (including phenoxy) is 2. The lowest BCUT2D eigenvalue weighted by Crippen LogP contribution is -2.57. The number of carbonyl (C=O) groups excluding carboxylic acids is 1. The lowest BCUT2D eigenvalue weighted by atomic mass is 9.90. The van der Waals surface area contributed by atoms with E-state index in [1.54, 1.807) is 0 Å². The van der Waals surface area contributed by atoms with E-state index in [4.69, 9.17) is 15.2 Å². The van der Waals surface area contributed by atoms with Crippen LogP contribution in [0.15, 0.2) is 24.3 Å². The van der Waals surface area contributed by atoms with Crippen molar-refractivity contribution in [1.82, 2.24) is 5.32 Å². The van der Waals surface area contributed by atoms with Crippen molar-refractivity contribution < 1.29 is 14.3 Å². The number of nitrogens with one attached hydrogen (secondary N) is 1. The third-order valence-electron chi connectivity index (χ3n) is 4.04. The zero-order valence-electron chi connectivity index (χ0n) is 14.1. The molecule has 3 N–H and O–H groups in total. The van der Waals surface area contributed by atoms with Crippen molar-refractivity contribution in [3.05, 3.63) is 29.8 Å². The highest BCUT2D eigenvalue weighted by atomic mass is 16.5. The van der Waals surface area contributed by atoms with Gasteiger partial charge in [0.25, 0.3) is 0 Å². The third-order valence-corrected chi connectivity index (χ3v) is 4.04. The standard InChI is InChI=1S/C18H28N2O3/c1-14(2)13-23-16-5-3-15(4-6-16)7-10-20-17(21)18(19)8-11-22-12-9-18/h3-6,14H,7-13,19H2,1-2H3,(H,20,21). The van der Waals surface area contributed by atoms with E-state index in [0.717, 1.165) is 18.8 Å². The molecule has 0 aromatic heterocycles. The maximum Gasteiger partial charge on any atom is 0.240 e. The number of rotatable bonds is 7. The summed E-state index contributed by atoms with van der Waals surface area (Å²) in [7, 11) is 0. The molecule has 5 heteroatoms. The first-order valence-corrected chi connectivity index (χ1v) is 8.36. The molecule has 1 aliphatic rings. The molecule has 128 valence electrons. The molecule has 5 nitrogen and oxygen atoms in total. The van der Waals surface area contributed by atoms with Gasteiger partial charge in [-0.15, -0.1) is 0 Å². The molecule has 1 fully saturated rings. The van der Waals surface area contributed by atoms with Gasteiger partial charge in [-0.05, 0) is 42.9 Å². The van der Waals surface area contributed by atoms with Crippen LogP contribution in [0.2, 0.25) is 0 Å². The Hall–Kier alpha value is -1.59. The highest BCUT2D eigenvalue weighted by Crippen LogP contribution is 2.18. The van der Waals surface area contributed by atoms with E-state index in [0.29, 0.717) is 38.5 Å². The first-order chi connectivity index (χ1) is 11.0. The van der Waals surface area contributed by atoms with Gasteiger partial charge < -0.3 is 20.5 Å². The normalized spacial score (nSPS) is 17.0. The van der Waals surface area contributed by atoms with Gasteiger partial charge >= 0.3 is 0 Å². The molecule has 0 atom stereocenters. The number of hydrogen-bond donors (Lipinski definition) is 2. The molecule has 1 aromatic rings. The van der Waals surface area contributed by atoms with Gasteiger partial charge in [-0.3, -0.25) is 4.79 Å². The van der Waals surface area contributed by atoms with Crippen molar-refractivity contribution in [2.24, 2.45) is 11.7 Å². The lowest BCUT2D eigenvalue weighted by molar-refractivity contribution is -0.129. The number of nitrogens with two attached hydrogens (primary N) is 1. The van der Waals surface area contributed by atoms with Crippen molar-refractivity contribution in [2.45, 2.75) is 38.6 Å². The van der Waals surface area contributed by atoms with Crippen LogP contribution >= 0.6 is 0 Å². The Balaban J connectivity index is 1.74. The summed E-state index contributed by atoms with van der Waals surface area (Å²) in [5.74, 6) is 1.32. The fraction of sp³-hybridized carbons (Fsp3) is 0.611. The van der Waals surface area contributed by atoms with Crippen molar-refractivity contribution >= 4 is 5.91 Å². The van der Waals surface area contributed by atoms with Gasteiger partial charge in [0, 0.05) is 19.8 Å². The van der Waals surface area contributed by atoms with Gasteiger partial charge in [0.05, 0.1) is 12.1 Å². The average molecular weight is 320 g/mol. The molecule has 1 saturated heterocycles. The SMILES string of the molecule is CC(C)COc1ccc(CCNC(=O)C2(N)CCOCC2)cc1. The zero-order chi connectivity index (χ0) is 16.7. The first kappa shape index (κ1) is 17.8. The minimum Gasteiger partial charge on any atom is -0.493 e. The van der Waals surface area contributed by atoms with Gasteiger partial charge in [-0.25, -0.2) is 0 Å². The summed E-state index contributed by atoms with van der Waals surface area (Å²) in [6, 6.07) is 8.02. The number of amides is 1. The molecule has 0 bridgehead atoms. The summed E-state index contributed by atoms with van der Waals surface area (Å²) in [6.45, 7) is 6.67. The quantitative estimate of drug-likeness (QED) is 0.804. The van der Waals surface area contributed by atoms with Gasteiger partial charge in [-0.1, -0.05) is 26.0 Å². The summed E-state index contributed by atoms with van der Waals surface area (Å²) in [6.07, 6.45) is 1.95. The molecule has 1 heterocycles. The van der Waals surface area contributed by atoms with Gasteiger partial charge in [0.1, 0.15) is 5.75 Å². The molecule has 1 aromatic carbocycles. The monoisotopic (exact) mass is 320 g/mol. The number of benzene rings is 1. The van der Waals surface area contributed by atoms with E-state index >= 15 is 0 Å². The van der Waals surface area contributed by atoms with Crippen LogP contribution in [0.5, 0.6) is 5.75 Å². The van der Waals surface area contributed by atoms with Gasteiger partial charge in [0.15, 0.2) is 0 Å². The van der Waals surface area contributed by atoms with Gasteiger partial charge in [-0.2, -0.15) is 0 Å². The van der Waals surface area contributed by atoms with Crippen molar-refractivity contribution in [2.75, 3.05) is 26.4 Å². The van der Waals surface area contributed by atoms with Gasteiger partial charge in [0.2, 0.25) is 5.91 Å². The second kappa shape index (κ2) is 8.31. The molecular formula is C18H28N2O3. The van der Waals surface area contributed by atoms with Crippen LogP contribution in [-0.2, 0) is 16.0 Å². The second-order valence-electron chi connectivity index (χ2n) is 6.62. The summed E-state index contributed by atoms with van der Waals surface area (Å²) < 4.78 is 10.9. The second-order valence-corrected chi connectivity index (χ2v) is 6.62. The molecule has 0 radical (unpaired) electrons. The fourth-order valence-corrected chi connectivity index (χ4v) is 2.47. The third kappa shape index (κ3) is 5.52. The fourth-order valence-electron chi connectivity index (χ4n) is 2.47. The van der Waals surface area contributed by atoms with E-state index in [1.807, 2.05) is 24.3 Å². The molecule has 23 heavy (non-hydrogen) atoms. The topological polar surface area (TPSA) is 73.6 Å². The summed E-state index contributed by atoms with van der Waals surface area (Å²) in [5.41, 5.74) is 6.55. The summed E-state index contributed by atoms with van der Waals surface area (Å²) in [5, 5.41) is 2.95. The maximum absolute atomic E-state index is 12.2. The van der Waals surface area contributed by atoms with Crippen LogP contribution in [0.4, 0.5) is 0 Å². The molecule has 0 aliphatic carbocycles. The van der Waals surface area contributed by atoms with E-state index in [-0.39, 0.29) is 5.91 Å². The Kier molecular flexibility index (Phi) is 6.42. The number of hydrogen-bond acceptors (Lipinski definition) is 4. The Labute approximate surface area is 138 Å². The van der Waals surface area contributed by atoms with Crippen molar-refractivity contribution in [3.63, 3.8) is 0 Å². The maximum atomic E-state index is 12.2. The zero-order valence-corrected chi connectivity index (χ0v) is 14.1. The number of carbonyl (C=O) groups is 1. The Morgan fingerprint density at radius 2 is 1.96 bits per heavy atom. The lowest BCUT2D eigenvalue weighted by Gasteiger charge is -2.31. The molecule has 0 saturated carbocycles. The molecule has 0 spiro atoms. The Morgan fingerprint density at radius 1 is 1.30 bits per heavy atom. The molecule has 1 aliphatic heterocycles. The van der Waals surface area contributed by atoms with E-state index < -0.39 is 5.54 Å². The first-order valence-electron chi connectivity index (χ1n) is 8.36. The van der Waals surface area contributed by atoms with Crippen LogP contribution < -0.4 is 15.8 Å². The Morgan fingerprint density at radius 3 is 2.57 bits per heavy atom. The average Bonchev–Trinajstić information content (AvgIpc) is 2.54. The molecule has 2 rings (SSSR count). The minimum atomic E-state index is -0.771. The predicted molar refractivity (Wildman–Crippen MR) is 90.5 cm³/mol. The molecule has 0 unspecified atom stereocenters.